The van der Waals surface area contributed by atoms with E-state index >= 15 is 0 Å². The summed E-state index contributed by atoms with van der Waals surface area (Å²) in [4.78, 5) is 3.30. The van der Waals surface area contributed by atoms with Crippen LogP contribution in [-0.2, 0) is 0 Å². The van der Waals surface area contributed by atoms with E-state index in [0.29, 0.717) is 0 Å². The van der Waals surface area contributed by atoms with Crippen molar-refractivity contribution in [3.8, 4) is 5.88 Å². The van der Waals surface area contributed by atoms with Gasteiger partial charge in [-0.1, -0.05) is 0 Å². The molecule has 0 radical (unpaired) electrons. The van der Waals surface area contributed by atoms with Crippen molar-refractivity contribution in [3.05, 3.63) is 21.7 Å². The fourth-order valence-corrected chi connectivity index (χ4v) is 0.960. The van der Waals surface area contributed by atoms with E-state index in [1.807, 2.05) is 0 Å². The number of nitrogens with zero attached hydrogens (tertiary/aromatic N) is 1. The van der Waals surface area contributed by atoms with Gasteiger partial charge in [0.15, 0.2) is 5.82 Å². The van der Waals surface area contributed by atoms with Crippen LogP contribution < -0.4 is 4.74 Å². The molecule has 0 aliphatic carbocycles. The largest absolute Gasteiger partial charge is 0.414 e. The number of ether oxygens (including phenoxy) is 1. The van der Waals surface area contributed by atoms with Crippen LogP contribution in [0.25, 0.3) is 0 Å². The molecular formula is C6H3F3INO. The van der Waals surface area contributed by atoms with E-state index in [2.05, 4.69) is 9.72 Å². The number of aromatic nitrogens is 1. The number of rotatable bonds is 2. The van der Waals surface area contributed by atoms with Crippen LogP contribution in [0.4, 0.5) is 13.2 Å². The Morgan fingerprint density at radius 1 is 1.50 bits per heavy atom. The Labute approximate surface area is 79.9 Å². The Morgan fingerprint density at radius 2 is 2.17 bits per heavy atom. The van der Waals surface area contributed by atoms with Gasteiger partial charge < -0.3 is 4.74 Å². The van der Waals surface area contributed by atoms with E-state index in [1.54, 1.807) is 22.6 Å². The Kier molecular flexibility index (Phi) is 3.12. The summed E-state index contributed by atoms with van der Waals surface area (Å²) < 4.78 is 40.0. The third kappa shape index (κ3) is 2.23. The maximum atomic E-state index is 12.8. The summed E-state index contributed by atoms with van der Waals surface area (Å²) in [5.41, 5.74) is 0. The molecule has 2 nitrogen and oxygen atoms in total. The quantitative estimate of drug-likeness (QED) is 0.780. The van der Waals surface area contributed by atoms with Gasteiger partial charge in [0, 0.05) is 6.20 Å². The zero-order valence-corrected chi connectivity index (χ0v) is 7.76. The molecule has 1 aromatic rings. The standard InChI is InChI=1S/C6H3F3INO/c7-4-3(10)1-2-11-5(4)12-6(8)9/h1-2,6H. The minimum Gasteiger partial charge on any atom is -0.414 e. The molecular weight excluding hydrogens is 286 g/mol. The van der Waals surface area contributed by atoms with Gasteiger partial charge in [0.05, 0.1) is 3.57 Å². The fourth-order valence-electron chi connectivity index (χ4n) is 0.569. The van der Waals surface area contributed by atoms with Crippen molar-refractivity contribution >= 4 is 22.6 Å². The molecule has 0 bridgehead atoms. The van der Waals surface area contributed by atoms with Crippen LogP contribution in [0, 0.1) is 9.39 Å². The molecule has 1 aromatic heterocycles. The van der Waals surface area contributed by atoms with Gasteiger partial charge in [0.1, 0.15) is 0 Å². The van der Waals surface area contributed by atoms with Gasteiger partial charge in [0.2, 0.25) is 0 Å². The van der Waals surface area contributed by atoms with Crippen molar-refractivity contribution in [1.29, 1.82) is 0 Å². The summed E-state index contributed by atoms with van der Waals surface area (Å²) in [5.74, 6) is -1.53. The first-order chi connectivity index (χ1) is 5.61. The van der Waals surface area contributed by atoms with Crippen LogP contribution in [-0.4, -0.2) is 11.6 Å². The average molecular weight is 289 g/mol. The van der Waals surface area contributed by atoms with Crippen molar-refractivity contribution in [1.82, 2.24) is 4.98 Å². The van der Waals surface area contributed by atoms with E-state index < -0.39 is 18.3 Å². The summed E-state index contributed by atoms with van der Waals surface area (Å²) in [7, 11) is 0. The Morgan fingerprint density at radius 3 is 2.75 bits per heavy atom. The Bertz CT molecular complexity index is 281. The van der Waals surface area contributed by atoms with E-state index in [-0.39, 0.29) is 3.57 Å². The van der Waals surface area contributed by atoms with Gasteiger partial charge in [-0.05, 0) is 28.7 Å². The minimum atomic E-state index is -3.05. The smallest absolute Gasteiger partial charge is 0.388 e. The van der Waals surface area contributed by atoms with Crippen molar-refractivity contribution < 1.29 is 17.9 Å². The van der Waals surface area contributed by atoms with Gasteiger partial charge >= 0.3 is 6.61 Å². The van der Waals surface area contributed by atoms with Crippen molar-refractivity contribution in [2.24, 2.45) is 0 Å². The number of hydrogen-bond acceptors (Lipinski definition) is 2. The van der Waals surface area contributed by atoms with Crippen LogP contribution >= 0.6 is 22.6 Å². The monoisotopic (exact) mass is 289 g/mol. The highest BCUT2D eigenvalue weighted by atomic mass is 127. The maximum absolute atomic E-state index is 12.8. The molecule has 6 heteroatoms. The van der Waals surface area contributed by atoms with E-state index in [0.717, 1.165) is 0 Å². The first-order valence-electron chi connectivity index (χ1n) is 2.86. The lowest BCUT2D eigenvalue weighted by molar-refractivity contribution is -0.0554. The van der Waals surface area contributed by atoms with Crippen LogP contribution in [0.1, 0.15) is 0 Å². The minimum absolute atomic E-state index is 0.193. The average Bonchev–Trinajstić information content (AvgIpc) is 1.98. The Balaban J connectivity index is 2.92. The summed E-state index contributed by atoms with van der Waals surface area (Å²) in [5, 5.41) is 0. The predicted molar refractivity (Wildman–Crippen MR) is 43.5 cm³/mol. The lowest BCUT2D eigenvalue weighted by Crippen LogP contribution is -2.06. The number of pyridine rings is 1. The van der Waals surface area contributed by atoms with Crippen LogP contribution in [0.5, 0.6) is 5.88 Å². The van der Waals surface area contributed by atoms with E-state index in [9.17, 15) is 13.2 Å². The lowest BCUT2D eigenvalue weighted by Gasteiger charge is -2.03. The van der Waals surface area contributed by atoms with E-state index in [1.165, 1.54) is 12.3 Å². The molecule has 0 saturated heterocycles. The molecule has 1 heterocycles. The van der Waals surface area contributed by atoms with Gasteiger partial charge in [-0.3, -0.25) is 0 Å². The second-order valence-electron chi connectivity index (χ2n) is 1.79. The van der Waals surface area contributed by atoms with Crippen LogP contribution in [0.2, 0.25) is 0 Å². The fraction of sp³-hybridized carbons (Fsp3) is 0.167. The first kappa shape index (κ1) is 9.56. The Hall–Kier alpha value is -0.530. The molecule has 0 saturated carbocycles. The normalized spacial score (nSPS) is 10.4. The molecule has 0 amide bonds. The number of alkyl halides is 2. The molecule has 0 atom stereocenters. The van der Waals surface area contributed by atoms with Crippen molar-refractivity contribution in [2.75, 3.05) is 0 Å². The molecule has 0 spiro atoms. The summed E-state index contributed by atoms with van der Waals surface area (Å²) in [6, 6.07) is 1.36. The summed E-state index contributed by atoms with van der Waals surface area (Å²) >= 11 is 1.66. The number of hydrogen-bond donors (Lipinski definition) is 0. The van der Waals surface area contributed by atoms with Gasteiger partial charge in [-0.25, -0.2) is 4.98 Å². The van der Waals surface area contributed by atoms with Gasteiger partial charge in [-0.2, -0.15) is 13.2 Å². The SMILES string of the molecule is Fc1c(I)ccnc1OC(F)F. The highest BCUT2D eigenvalue weighted by Gasteiger charge is 2.12. The van der Waals surface area contributed by atoms with Crippen LogP contribution in [0.15, 0.2) is 12.3 Å². The third-order valence-corrected chi connectivity index (χ3v) is 1.84. The third-order valence-electron chi connectivity index (χ3n) is 1.01. The first-order valence-corrected chi connectivity index (χ1v) is 3.94. The zero-order valence-electron chi connectivity index (χ0n) is 5.60. The summed E-state index contributed by atoms with van der Waals surface area (Å²) in [6.45, 7) is -3.05. The molecule has 0 aliphatic heterocycles. The highest BCUT2D eigenvalue weighted by Crippen LogP contribution is 2.19. The molecule has 12 heavy (non-hydrogen) atoms. The molecule has 0 aliphatic rings. The van der Waals surface area contributed by atoms with Gasteiger partial charge in [-0.15, -0.1) is 0 Å². The zero-order chi connectivity index (χ0) is 9.14. The van der Waals surface area contributed by atoms with Crippen molar-refractivity contribution in [3.63, 3.8) is 0 Å². The molecule has 1 rings (SSSR count). The molecule has 0 N–H and O–H groups in total. The number of halogens is 4. The highest BCUT2D eigenvalue weighted by molar-refractivity contribution is 14.1. The maximum Gasteiger partial charge on any atom is 0.388 e. The predicted octanol–water partition coefficient (Wildman–Crippen LogP) is 2.43. The summed E-state index contributed by atoms with van der Waals surface area (Å²) in [6.07, 6.45) is 1.20. The van der Waals surface area contributed by atoms with E-state index in [4.69, 9.17) is 0 Å². The van der Waals surface area contributed by atoms with Gasteiger partial charge in [0.25, 0.3) is 5.88 Å². The lowest BCUT2D eigenvalue weighted by atomic mass is 10.5. The molecule has 66 valence electrons. The second kappa shape index (κ2) is 3.92. The second-order valence-corrected chi connectivity index (χ2v) is 2.95. The topological polar surface area (TPSA) is 22.1 Å². The molecule has 0 aromatic carbocycles. The molecule has 0 unspecified atom stereocenters. The van der Waals surface area contributed by atoms with Crippen LogP contribution in [0.3, 0.4) is 0 Å². The van der Waals surface area contributed by atoms with Crippen molar-refractivity contribution in [2.45, 2.75) is 6.61 Å². The molecule has 0 fully saturated rings.